The van der Waals surface area contributed by atoms with E-state index in [9.17, 15) is 15.2 Å². The van der Waals surface area contributed by atoms with E-state index in [-0.39, 0.29) is 21.5 Å². The summed E-state index contributed by atoms with van der Waals surface area (Å²) in [6.45, 7) is 0.634. The number of hydrogen-bond donors (Lipinski definition) is 2. The van der Waals surface area contributed by atoms with Crippen molar-refractivity contribution >= 4 is 35.7 Å². The zero-order valence-corrected chi connectivity index (χ0v) is 13.8. The highest BCUT2D eigenvalue weighted by atomic mass is 35.5. The lowest BCUT2D eigenvalue weighted by Crippen LogP contribution is -2.05. The Morgan fingerprint density at radius 2 is 2.42 bits per heavy atom. The Morgan fingerprint density at radius 1 is 1.62 bits per heavy atom. The molecule has 0 bridgehead atoms. The van der Waals surface area contributed by atoms with Crippen molar-refractivity contribution in [2.45, 2.75) is 18.9 Å². The van der Waals surface area contributed by atoms with Crippen LogP contribution in [0.2, 0.25) is 5.02 Å². The molecule has 11 heteroatoms. The van der Waals surface area contributed by atoms with E-state index in [0.29, 0.717) is 12.4 Å². The summed E-state index contributed by atoms with van der Waals surface area (Å²) in [6.07, 6.45) is 2.72. The number of rotatable bonds is 4. The highest BCUT2D eigenvalue weighted by Crippen LogP contribution is 2.32. The van der Waals surface area contributed by atoms with Crippen LogP contribution >= 0.6 is 23.8 Å². The minimum Gasteiger partial charge on any atom is -0.502 e. The van der Waals surface area contributed by atoms with Crippen molar-refractivity contribution in [3.63, 3.8) is 0 Å². The van der Waals surface area contributed by atoms with Crippen LogP contribution in [-0.4, -0.2) is 37.7 Å². The Morgan fingerprint density at radius 3 is 3.08 bits per heavy atom. The van der Waals surface area contributed by atoms with Gasteiger partial charge in [-0.1, -0.05) is 11.6 Å². The van der Waals surface area contributed by atoms with E-state index >= 15 is 0 Å². The normalized spacial score (nSPS) is 17.6. The van der Waals surface area contributed by atoms with Gasteiger partial charge in [-0.25, -0.2) is 0 Å². The monoisotopic (exact) mass is 369 g/mol. The number of ether oxygens (including phenoxy) is 1. The summed E-state index contributed by atoms with van der Waals surface area (Å²) in [6, 6.07) is 2.43. The average molecular weight is 370 g/mol. The van der Waals surface area contributed by atoms with Gasteiger partial charge in [0.1, 0.15) is 6.10 Å². The van der Waals surface area contributed by atoms with Gasteiger partial charge in [-0.05, 0) is 31.1 Å². The van der Waals surface area contributed by atoms with E-state index in [1.807, 2.05) is 0 Å². The van der Waals surface area contributed by atoms with Gasteiger partial charge in [0.05, 0.1) is 11.1 Å². The average Bonchev–Trinajstić information content (AvgIpc) is 3.17. The Kier molecular flexibility index (Phi) is 4.60. The number of nitro groups is 1. The van der Waals surface area contributed by atoms with Crippen LogP contribution < -0.4 is 0 Å². The number of halogens is 1. The first-order valence-corrected chi connectivity index (χ1v) is 7.76. The predicted octanol–water partition coefficient (Wildman–Crippen LogP) is 2.94. The summed E-state index contributed by atoms with van der Waals surface area (Å²) in [5.41, 5.74) is -0.408. The van der Waals surface area contributed by atoms with E-state index < -0.39 is 16.4 Å². The highest BCUT2D eigenvalue weighted by Gasteiger charge is 2.24. The summed E-state index contributed by atoms with van der Waals surface area (Å²) in [7, 11) is 0. The molecule has 24 heavy (non-hydrogen) atoms. The molecule has 0 saturated carbocycles. The third kappa shape index (κ3) is 3.16. The molecule has 0 aliphatic carbocycles. The zero-order valence-electron chi connectivity index (χ0n) is 12.2. The number of phenolic OH excluding ortho intramolecular Hbond substituents is 1. The third-order valence-electron chi connectivity index (χ3n) is 3.49. The first-order valence-electron chi connectivity index (χ1n) is 6.97. The van der Waals surface area contributed by atoms with Crippen LogP contribution in [0.4, 0.5) is 5.69 Å². The maximum Gasteiger partial charge on any atom is 0.312 e. The van der Waals surface area contributed by atoms with Gasteiger partial charge in [-0.3, -0.25) is 15.2 Å². The Hall–Kier alpha value is -2.30. The van der Waals surface area contributed by atoms with E-state index in [4.69, 9.17) is 28.6 Å². The van der Waals surface area contributed by atoms with Gasteiger partial charge in [0.25, 0.3) is 0 Å². The summed E-state index contributed by atoms with van der Waals surface area (Å²) < 4.78 is 7.16. The van der Waals surface area contributed by atoms with Crippen molar-refractivity contribution in [2.75, 3.05) is 6.61 Å². The minimum absolute atomic E-state index is 0.0931. The molecular weight excluding hydrogens is 358 g/mol. The lowest BCUT2D eigenvalue weighted by molar-refractivity contribution is -0.385. The largest absolute Gasteiger partial charge is 0.502 e. The molecule has 1 saturated heterocycles. The number of nitrogens with zero attached hydrogens (tertiary/aromatic N) is 4. The summed E-state index contributed by atoms with van der Waals surface area (Å²) in [4.78, 5) is 10.2. The fourth-order valence-electron chi connectivity index (χ4n) is 2.37. The first-order chi connectivity index (χ1) is 11.5. The number of hydrogen-bond acceptors (Lipinski definition) is 7. The molecule has 3 rings (SSSR count). The zero-order chi connectivity index (χ0) is 17.3. The van der Waals surface area contributed by atoms with Crippen molar-refractivity contribution in [2.24, 2.45) is 5.10 Å². The molecule has 1 atom stereocenters. The van der Waals surface area contributed by atoms with E-state index in [2.05, 4.69) is 15.3 Å². The fourth-order valence-corrected chi connectivity index (χ4v) is 2.78. The number of benzene rings is 1. The number of nitro benzene ring substituents is 1. The Balaban J connectivity index is 1.99. The van der Waals surface area contributed by atoms with Crippen LogP contribution in [0, 0.1) is 14.9 Å². The van der Waals surface area contributed by atoms with Gasteiger partial charge in [0.2, 0.25) is 10.5 Å². The molecule has 0 radical (unpaired) electrons. The maximum atomic E-state index is 10.9. The summed E-state index contributed by atoms with van der Waals surface area (Å²) in [5.74, 6) is -0.0217. The molecule has 1 fully saturated rings. The van der Waals surface area contributed by atoms with Gasteiger partial charge in [-0.2, -0.15) is 14.9 Å². The van der Waals surface area contributed by atoms with E-state index in [1.165, 1.54) is 17.0 Å². The summed E-state index contributed by atoms with van der Waals surface area (Å²) in [5, 5.41) is 31.9. The van der Waals surface area contributed by atoms with Crippen molar-refractivity contribution in [1.82, 2.24) is 14.9 Å². The van der Waals surface area contributed by atoms with Crippen LogP contribution in [0.3, 0.4) is 0 Å². The number of nitrogens with one attached hydrogen (secondary N) is 1. The topological polar surface area (TPSA) is 119 Å². The molecule has 1 aromatic carbocycles. The molecule has 2 N–H and O–H groups in total. The smallest absolute Gasteiger partial charge is 0.312 e. The molecule has 0 spiro atoms. The van der Waals surface area contributed by atoms with Crippen LogP contribution in [0.25, 0.3) is 0 Å². The molecule has 0 amide bonds. The number of aromatic amines is 1. The van der Waals surface area contributed by atoms with Crippen LogP contribution in [0.1, 0.15) is 30.3 Å². The maximum absolute atomic E-state index is 10.9. The molecular formula is C13H12ClN5O4S. The predicted molar refractivity (Wildman–Crippen MR) is 88.1 cm³/mol. The molecule has 1 aliphatic rings. The second-order valence-corrected chi connectivity index (χ2v) is 5.89. The van der Waals surface area contributed by atoms with Crippen LogP contribution in [0.15, 0.2) is 17.2 Å². The van der Waals surface area contributed by atoms with Crippen molar-refractivity contribution < 1.29 is 14.8 Å². The Bertz CT molecular complexity index is 872. The molecule has 1 aromatic heterocycles. The lowest BCUT2D eigenvalue weighted by atomic mass is 10.2. The second kappa shape index (κ2) is 6.67. The molecule has 0 unspecified atom stereocenters. The minimum atomic E-state index is -0.722. The van der Waals surface area contributed by atoms with Gasteiger partial charge in [0, 0.05) is 23.3 Å². The summed E-state index contributed by atoms with van der Waals surface area (Å²) >= 11 is 11.0. The van der Waals surface area contributed by atoms with Crippen molar-refractivity contribution in [3.8, 4) is 5.75 Å². The number of aromatic nitrogens is 3. The van der Waals surface area contributed by atoms with E-state index in [0.717, 1.165) is 18.9 Å². The highest BCUT2D eigenvalue weighted by molar-refractivity contribution is 7.71. The number of phenols is 1. The molecule has 9 nitrogen and oxygen atoms in total. The van der Waals surface area contributed by atoms with Gasteiger partial charge in [0.15, 0.2) is 5.82 Å². The van der Waals surface area contributed by atoms with Crippen LogP contribution in [-0.2, 0) is 4.74 Å². The lowest BCUT2D eigenvalue weighted by Gasteiger charge is -2.07. The van der Waals surface area contributed by atoms with E-state index in [1.54, 1.807) is 0 Å². The number of aromatic hydroxyl groups is 1. The van der Waals surface area contributed by atoms with Gasteiger partial charge in [-0.15, -0.1) is 0 Å². The quantitative estimate of drug-likeness (QED) is 0.370. The third-order valence-corrected chi connectivity index (χ3v) is 3.97. The standard InChI is InChI=1S/C13H12ClN5O4S/c14-8-4-7(11(20)9(5-8)19(21)22)6-15-18-12(16-17-13(18)24)10-2-1-3-23-10/h4-6,10,20H,1-3H2,(H,17,24)/b15-6+/t10-/m1/s1. The molecule has 1 aliphatic heterocycles. The number of H-pyrrole nitrogens is 1. The molecule has 2 aromatic rings. The van der Waals surface area contributed by atoms with Crippen LogP contribution in [0.5, 0.6) is 5.75 Å². The fraction of sp³-hybridized carbons (Fsp3) is 0.308. The Labute approximate surface area is 145 Å². The molecule has 126 valence electrons. The second-order valence-electron chi connectivity index (χ2n) is 5.06. The SMILES string of the molecule is O=[N+]([O-])c1cc(Cl)cc(/C=N/n2c([C@H]3CCCO3)n[nH]c2=S)c1O. The van der Waals surface area contributed by atoms with Gasteiger partial charge >= 0.3 is 5.69 Å². The van der Waals surface area contributed by atoms with Gasteiger partial charge < -0.3 is 9.84 Å². The first kappa shape index (κ1) is 16.6. The van der Waals surface area contributed by atoms with Crippen molar-refractivity contribution in [1.29, 1.82) is 0 Å². The molecule has 2 heterocycles. The van der Waals surface area contributed by atoms with Crippen molar-refractivity contribution in [3.05, 3.63) is 43.4 Å².